The fourth-order valence-corrected chi connectivity index (χ4v) is 4.31. The fourth-order valence-electron chi connectivity index (χ4n) is 4.31. The first-order chi connectivity index (χ1) is 17.9. The maximum Gasteiger partial charge on any atom is 0.147 e. The normalized spacial score (nSPS) is 11.9. The molecule has 0 bridgehead atoms. The van der Waals surface area contributed by atoms with E-state index in [-0.39, 0.29) is 11.9 Å². The molecule has 37 heavy (non-hydrogen) atoms. The van der Waals surface area contributed by atoms with E-state index >= 15 is 0 Å². The van der Waals surface area contributed by atoms with Crippen molar-refractivity contribution in [3.05, 3.63) is 118 Å². The van der Waals surface area contributed by atoms with Crippen LogP contribution in [0.4, 0.5) is 4.39 Å². The van der Waals surface area contributed by atoms with Crippen molar-refractivity contribution >= 4 is 12.1 Å². The van der Waals surface area contributed by atoms with Crippen LogP contribution in [0.15, 0.2) is 95.1 Å². The number of halogens is 1. The number of allylic oxidation sites excluding steroid dienone is 2. The van der Waals surface area contributed by atoms with Crippen LogP contribution >= 0.6 is 0 Å². The minimum absolute atomic E-state index is 0.0698. The van der Waals surface area contributed by atoms with Gasteiger partial charge in [-0.3, -0.25) is 4.79 Å². The number of aliphatic imine (C=N–C) groups is 1. The lowest BCUT2D eigenvalue weighted by atomic mass is 9.97. The van der Waals surface area contributed by atoms with E-state index in [4.69, 9.17) is 4.99 Å². The molecular formula is C33H41FN2O. The van der Waals surface area contributed by atoms with Gasteiger partial charge in [-0.15, -0.1) is 0 Å². The smallest absolute Gasteiger partial charge is 0.147 e. The van der Waals surface area contributed by atoms with E-state index < -0.39 is 0 Å². The van der Waals surface area contributed by atoms with Gasteiger partial charge in [0.1, 0.15) is 17.9 Å². The summed E-state index contributed by atoms with van der Waals surface area (Å²) in [5.74, 6) is 0.763. The number of hydrogen-bond donors (Lipinski definition) is 0. The Morgan fingerprint density at radius 1 is 0.946 bits per heavy atom. The van der Waals surface area contributed by atoms with E-state index in [2.05, 4.69) is 74.3 Å². The van der Waals surface area contributed by atoms with Crippen LogP contribution in [0.1, 0.15) is 75.3 Å². The summed E-state index contributed by atoms with van der Waals surface area (Å²) in [6, 6.07) is 25.9. The van der Waals surface area contributed by atoms with Crippen molar-refractivity contribution in [3.8, 4) is 0 Å². The highest BCUT2D eigenvalue weighted by atomic mass is 19.1. The molecule has 3 aromatic rings. The van der Waals surface area contributed by atoms with Crippen LogP contribution < -0.4 is 0 Å². The Kier molecular flexibility index (Phi) is 12.5. The van der Waals surface area contributed by atoms with Gasteiger partial charge < -0.3 is 4.90 Å². The van der Waals surface area contributed by atoms with E-state index in [1.54, 1.807) is 6.07 Å². The van der Waals surface area contributed by atoms with Gasteiger partial charge in [-0.2, -0.15) is 0 Å². The monoisotopic (exact) mass is 500 g/mol. The van der Waals surface area contributed by atoms with Crippen molar-refractivity contribution < 1.29 is 9.18 Å². The van der Waals surface area contributed by atoms with E-state index in [1.807, 2.05) is 39.0 Å². The molecule has 0 aromatic heterocycles. The van der Waals surface area contributed by atoms with Gasteiger partial charge in [-0.05, 0) is 67.5 Å². The van der Waals surface area contributed by atoms with Crippen LogP contribution in [0.5, 0.6) is 0 Å². The Morgan fingerprint density at radius 3 is 1.95 bits per heavy atom. The molecule has 0 spiro atoms. The topological polar surface area (TPSA) is 32.7 Å². The molecule has 0 aliphatic heterocycles. The van der Waals surface area contributed by atoms with Crippen LogP contribution in [0, 0.1) is 12.7 Å². The molecule has 0 amide bonds. The molecule has 0 saturated heterocycles. The number of amidine groups is 1. The van der Waals surface area contributed by atoms with Gasteiger partial charge >= 0.3 is 0 Å². The second-order valence-electron chi connectivity index (χ2n) is 9.11. The third-order valence-electron chi connectivity index (χ3n) is 6.49. The highest BCUT2D eigenvalue weighted by molar-refractivity contribution is 5.83. The molecular weight excluding hydrogens is 459 g/mol. The number of nitrogens with zero attached hydrogens (tertiary/aromatic N) is 2. The molecule has 0 heterocycles. The molecule has 0 aliphatic rings. The van der Waals surface area contributed by atoms with E-state index in [0.717, 1.165) is 48.2 Å². The highest BCUT2D eigenvalue weighted by Crippen LogP contribution is 2.28. The van der Waals surface area contributed by atoms with Crippen LogP contribution in [-0.4, -0.2) is 24.1 Å². The van der Waals surface area contributed by atoms with Crippen molar-refractivity contribution in [2.75, 3.05) is 7.05 Å². The van der Waals surface area contributed by atoms with Gasteiger partial charge in [0.05, 0.1) is 6.04 Å². The summed E-state index contributed by atoms with van der Waals surface area (Å²) < 4.78 is 12.5. The van der Waals surface area contributed by atoms with Crippen molar-refractivity contribution in [2.45, 2.75) is 66.3 Å². The van der Waals surface area contributed by atoms with Gasteiger partial charge in [0, 0.05) is 18.3 Å². The summed E-state index contributed by atoms with van der Waals surface area (Å²) >= 11 is 0. The van der Waals surface area contributed by atoms with E-state index in [1.165, 1.54) is 22.8 Å². The minimum atomic E-state index is -0.144. The zero-order valence-electron chi connectivity index (χ0n) is 23.2. The summed E-state index contributed by atoms with van der Waals surface area (Å²) in [5, 5.41) is 0. The largest absolute Gasteiger partial charge is 0.352 e. The maximum atomic E-state index is 12.5. The molecule has 0 atom stereocenters. The first kappa shape index (κ1) is 29.7. The molecule has 0 radical (unpaired) electrons. The summed E-state index contributed by atoms with van der Waals surface area (Å²) in [7, 11) is 2.07. The van der Waals surface area contributed by atoms with Crippen molar-refractivity contribution in [1.82, 2.24) is 4.90 Å². The molecule has 0 aliphatic carbocycles. The van der Waals surface area contributed by atoms with Gasteiger partial charge in [0.2, 0.25) is 0 Å². The number of benzene rings is 3. The Labute approximate surface area is 222 Å². The van der Waals surface area contributed by atoms with E-state index in [0.29, 0.717) is 6.42 Å². The van der Waals surface area contributed by atoms with Gasteiger partial charge in [-0.25, -0.2) is 9.38 Å². The van der Waals surface area contributed by atoms with Crippen molar-refractivity contribution in [1.29, 1.82) is 0 Å². The molecule has 0 fully saturated rings. The van der Waals surface area contributed by atoms with Gasteiger partial charge in [0.15, 0.2) is 0 Å². The number of carbonyl (C=O) groups excluding carboxylic acids is 1. The number of rotatable bonds is 9. The summed E-state index contributed by atoms with van der Waals surface area (Å²) in [5.41, 5.74) is 6.39. The third kappa shape index (κ3) is 8.82. The van der Waals surface area contributed by atoms with Crippen molar-refractivity contribution in [2.24, 2.45) is 4.99 Å². The Morgan fingerprint density at radius 2 is 1.51 bits per heavy atom. The molecule has 3 aromatic carbocycles. The minimum Gasteiger partial charge on any atom is -0.352 e. The quantitative estimate of drug-likeness (QED) is 0.128. The number of carbonyl (C=O) groups is 1. The maximum absolute atomic E-state index is 12.5. The second-order valence-corrected chi connectivity index (χ2v) is 9.11. The molecule has 0 unspecified atom stereocenters. The Hall–Kier alpha value is -3.53. The molecule has 4 heteroatoms. The fraction of sp³-hybridized carbons (Fsp3) is 0.333. The van der Waals surface area contributed by atoms with Crippen LogP contribution in [0.3, 0.4) is 0 Å². The average Bonchev–Trinajstić information content (AvgIpc) is 2.91. The van der Waals surface area contributed by atoms with Gasteiger partial charge in [0.25, 0.3) is 0 Å². The van der Waals surface area contributed by atoms with Crippen LogP contribution in [0.25, 0.3) is 0 Å². The predicted octanol–water partition coefficient (Wildman–Crippen LogP) is 8.49. The number of aryl methyl sites for hydroxylation is 2. The molecule has 3 rings (SSSR count). The zero-order valence-corrected chi connectivity index (χ0v) is 23.2. The lowest BCUT2D eigenvalue weighted by Gasteiger charge is -2.31. The lowest BCUT2D eigenvalue weighted by Crippen LogP contribution is -2.30. The number of aldehydes is 1. The van der Waals surface area contributed by atoms with Gasteiger partial charge in [-0.1, -0.05) is 93.9 Å². The van der Waals surface area contributed by atoms with Crippen LogP contribution in [0.2, 0.25) is 0 Å². The SMILES string of the molecule is CCC/C(N=C(C)N(C)C(c1ccccc1)c1ccccc1)=C(/C=O)CC.CCc1ccc(F)cc1C. The molecule has 196 valence electrons. The zero-order chi connectivity index (χ0) is 27.2. The highest BCUT2D eigenvalue weighted by Gasteiger charge is 2.20. The first-order valence-corrected chi connectivity index (χ1v) is 13.2. The standard InChI is InChI=1S/C24H30N2O.C9H11F/c1-5-13-23(20(6-2)18-27)25-19(3)26(4)24(21-14-9-7-10-15-21)22-16-11-8-12-17-22;1-3-8-4-5-9(10)6-7(8)2/h7-12,14-18,24H,5-6,13H2,1-4H3;4-6H,3H2,1-2H3/b23-20-,25-19?;. The second kappa shape index (κ2) is 15.6. The average molecular weight is 501 g/mol. The summed E-state index contributed by atoms with van der Waals surface area (Å²) in [6.45, 7) is 10.1. The summed E-state index contributed by atoms with van der Waals surface area (Å²) in [6.07, 6.45) is 4.42. The Balaban J connectivity index is 0.000000402. The molecule has 3 nitrogen and oxygen atoms in total. The van der Waals surface area contributed by atoms with E-state index in [9.17, 15) is 9.18 Å². The summed E-state index contributed by atoms with van der Waals surface area (Å²) in [4.78, 5) is 18.5. The number of hydrogen-bond acceptors (Lipinski definition) is 2. The molecule has 0 N–H and O–H groups in total. The van der Waals surface area contributed by atoms with Crippen LogP contribution in [-0.2, 0) is 11.2 Å². The first-order valence-electron chi connectivity index (χ1n) is 13.2. The third-order valence-corrected chi connectivity index (χ3v) is 6.49. The Bertz CT molecular complexity index is 1130. The molecule has 0 saturated carbocycles. The predicted molar refractivity (Wildman–Crippen MR) is 154 cm³/mol. The van der Waals surface area contributed by atoms with Crippen molar-refractivity contribution in [3.63, 3.8) is 0 Å². The lowest BCUT2D eigenvalue weighted by molar-refractivity contribution is -0.105.